The molecule has 0 aliphatic carbocycles. The lowest BCUT2D eigenvalue weighted by atomic mass is 9.95. The van der Waals surface area contributed by atoms with Crippen LogP contribution in [0.25, 0.3) is 0 Å². The summed E-state index contributed by atoms with van der Waals surface area (Å²) >= 11 is 3.58. The Morgan fingerprint density at radius 3 is 2.52 bits per heavy atom. The van der Waals surface area contributed by atoms with E-state index in [0.29, 0.717) is 0 Å². The Morgan fingerprint density at radius 1 is 1.14 bits per heavy atom. The number of benzene rings is 2. The molecule has 2 aromatic rings. The number of ether oxygens (including phenoxy) is 1. The maximum atomic E-state index is 6.44. The van der Waals surface area contributed by atoms with Crippen LogP contribution in [0.3, 0.4) is 0 Å². The van der Waals surface area contributed by atoms with E-state index in [0.717, 1.165) is 27.8 Å². The smallest absolute Gasteiger partial charge is 0.123 e. The highest BCUT2D eigenvalue weighted by atomic mass is 79.9. The van der Waals surface area contributed by atoms with Crippen LogP contribution in [-0.2, 0) is 6.42 Å². The second kappa shape index (κ2) is 5.15. The van der Waals surface area contributed by atoms with Crippen molar-refractivity contribution in [2.75, 3.05) is 0 Å². The van der Waals surface area contributed by atoms with Crippen molar-refractivity contribution in [2.45, 2.75) is 38.8 Å². The van der Waals surface area contributed by atoms with Crippen LogP contribution < -0.4 is 10.5 Å². The van der Waals surface area contributed by atoms with Crippen molar-refractivity contribution in [3.63, 3.8) is 0 Å². The molecule has 0 saturated heterocycles. The van der Waals surface area contributed by atoms with Crippen LogP contribution in [0.4, 0.5) is 0 Å². The lowest BCUT2D eigenvalue weighted by Gasteiger charge is -2.16. The molecule has 0 saturated carbocycles. The molecule has 3 heteroatoms. The summed E-state index contributed by atoms with van der Waals surface area (Å²) in [6.45, 7) is 6.31. The van der Waals surface area contributed by atoms with E-state index < -0.39 is 0 Å². The molecule has 110 valence electrons. The maximum Gasteiger partial charge on any atom is 0.123 e. The summed E-state index contributed by atoms with van der Waals surface area (Å²) in [6, 6.07) is 12.5. The summed E-state index contributed by atoms with van der Waals surface area (Å²) < 4.78 is 7.02. The van der Waals surface area contributed by atoms with Gasteiger partial charge in [0, 0.05) is 10.9 Å². The Labute approximate surface area is 134 Å². The van der Waals surface area contributed by atoms with Crippen LogP contribution in [0.5, 0.6) is 5.75 Å². The van der Waals surface area contributed by atoms with Crippen LogP contribution in [0, 0.1) is 6.92 Å². The number of nitrogens with two attached hydrogens (primary N) is 1. The first-order valence-corrected chi connectivity index (χ1v) is 7.98. The lowest BCUT2D eigenvalue weighted by Crippen LogP contribution is -2.24. The van der Waals surface area contributed by atoms with Crippen LogP contribution in [0.15, 0.2) is 40.9 Å². The Hall–Kier alpha value is -1.32. The second-order valence-electron chi connectivity index (χ2n) is 6.39. The molecule has 0 fully saturated rings. The fourth-order valence-corrected chi connectivity index (χ4v) is 3.21. The molecule has 0 spiro atoms. The monoisotopic (exact) mass is 345 g/mol. The van der Waals surface area contributed by atoms with Gasteiger partial charge >= 0.3 is 0 Å². The Morgan fingerprint density at radius 2 is 1.81 bits per heavy atom. The first-order valence-electron chi connectivity index (χ1n) is 7.19. The molecule has 21 heavy (non-hydrogen) atoms. The quantitative estimate of drug-likeness (QED) is 0.868. The molecule has 3 rings (SSSR count). The van der Waals surface area contributed by atoms with E-state index in [1.165, 1.54) is 11.1 Å². The van der Waals surface area contributed by atoms with Crippen molar-refractivity contribution in [2.24, 2.45) is 5.73 Å². The summed E-state index contributed by atoms with van der Waals surface area (Å²) in [5, 5.41) is 0. The van der Waals surface area contributed by atoms with Gasteiger partial charge in [-0.3, -0.25) is 0 Å². The zero-order valence-electron chi connectivity index (χ0n) is 12.6. The predicted octanol–water partition coefficient (Wildman–Crippen LogP) is 4.52. The molecular weight excluding hydrogens is 326 g/mol. The Balaban J connectivity index is 1.93. The molecule has 1 heterocycles. The molecule has 0 aromatic heterocycles. The van der Waals surface area contributed by atoms with E-state index in [1.54, 1.807) is 0 Å². The number of halogens is 1. The molecule has 0 bridgehead atoms. The van der Waals surface area contributed by atoms with Crippen molar-refractivity contribution >= 4 is 15.9 Å². The summed E-state index contributed by atoms with van der Waals surface area (Å²) in [5.41, 5.74) is 11.0. The van der Waals surface area contributed by atoms with Gasteiger partial charge in [-0.15, -0.1) is 0 Å². The zero-order valence-corrected chi connectivity index (χ0v) is 14.2. The van der Waals surface area contributed by atoms with Crippen molar-refractivity contribution in [3.05, 3.63) is 63.1 Å². The van der Waals surface area contributed by atoms with Gasteiger partial charge in [0.05, 0.1) is 6.04 Å². The molecular formula is C18H20BrNO. The largest absolute Gasteiger partial charge is 0.487 e. The van der Waals surface area contributed by atoms with Gasteiger partial charge in [-0.05, 0) is 55.2 Å². The third-order valence-electron chi connectivity index (χ3n) is 4.00. The van der Waals surface area contributed by atoms with Crippen LogP contribution in [0.2, 0.25) is 0 Å². The van der Waals surface area contributed by atoms with E-state index in [4.69, 9.17) is 10.5 Å². The molecule has 1 aliphatic rings. The number of hydrogen-bond donors (Lipinski definition) is 1. The van der Waals surface area contributed by atoms with Gasteiger partial charge in [0.1, 0.15) is 11.4 Å². The number of rotatable bonds is 2. The third-order valence-corrected chi connectivity index (χ3v) is 4.86. The van der Waals surface area contributed by atoms with E-state index in [-0.39, 0.29) is 11.6 Å². The van der Waals surface area contributed by atoms with Gasteiger partial charge in [-0.25, -0.2) is 0 Å². The minimum absolute atomic E-state index is 0.113. The highest BCUT2D eigenvalue weighted by Gasteiger charge is 2.30. The Bertz CT molecular complexity index is 694. The van der Waals surface area contributed by atoms with Crippen molar-refractivity contribution in [1.82, 2.24) is 0 Å². The highest BCUT2D eigenvalue weighted by molar-refractivity contribution is 9.10. The van der Waals surface area contributed by atoms with Crippen molar-refractivity contribution in [1.29, 1.82) is 0 Å². The highest BCUT2D eigenvalue weighted by Crippen LogP contribution is 2.37. The minimum atomic E-state index is -0.115. The number of fused-ring (bicyclic) bond motifs is 1. The lowest BCUT2D eigenvalue weighted by molar-refractivity contribution is 0.138. The van der Waals surface area contributed by atoms with Crippen molar-refractivity contribution in [3.8, 4) is 5.75 Å². The van der Waals surface area contributed by atoms with Crippen LogP contribution >= 0.6 is 15.9 Å². The topological polar surface area (TPSA) is 35.2 Å². The molecule has 2 N–H and O–H groups in total. The zero-order chi connectivity index (χ0) is 15.2. The summed E-state index contributed by atoms with van der Waals surface area (Å²) in [5.74, 6) is 0.987. The molecule has 1 unspecified atom stereocenters. The standard InChI is InChI=1S/C18H20BrNO/c1-11-4-5-13(9-15(11)19)17(20)12-6-7-16-14(8-12)10-18(2,3)21-16/h4-9,17H,10,20H2,1-3H3. The van der Waals surface area contributed by atoms with E-state index >= 15 is 0 Å². The first-order chi connectivity index (χ1) is 9.85. The van der Waals surface area contributed by atoms with Crippen molar-refractivity contribution < 1.29 is 4.74 Å². The summed E-state index contributed by atoms with van der Waals surface area (Å²) in [6.07, 6.45) is 0.931. The maximum absolute atomic E-state index is 6.44. The van der Waals surface area contributed by atoms with Gasteiger partial charge < -0.3 is 10.5 Å². The molecule has 0 radical (unpaired) electrons. The first kappa shape index (κ1) is 14.6. The van der Waals surface area contributed by atoms with Crippen LogP contribution in [0.1, 0.15) is 42.1 Å². The molecule has 0 amide bonds. The fourth-order valence-electron chi connectivity index (χ4n) is 2.82. The average molecular weight is 346 g/mol. The third kappa shape index (κ3) is 2.85. The van der Waals surface area contributed by atoms with E-state index in [1.807, 2.05) is 6.07 Å². The van der Waals surface area contributed by atoms with Gasteiger partial charge in [0.2, 0.25) is 0 Å². The number of aryl methyl sites for hydroxylation is 1. The van der Waals surface area contributed by atoms with Gasteiger partial charge in [0.25, 0.3) is 0 Å². The van der Waals surface area contributed by atoms with E-state index in [9.17, 15) is 0 Å². The van der Waals surface area contributed by atoms with Gasteiger partial charge in [-0.1, -0.05) is 40.2 Å². The second-order valence-corrected chi connectivity index (χ2v) is 7.25. The number of hydrogen-bond acceptors (Lipinski definition) is 2. The fraction of sp³-hybridized carbons (Fsp3) is 0.333. The molecule has 1 atom stereocenters. The SMILES string of the molecule is Cc1ccc(C(N)c2ccc3c(c2)CC(C)(C)O3)cc1Br. The average Bonchev–Trinajstić information content (AvgIpc) is 2.73. The molecule has 2 aromatic carbocycles. The normalized spacial score (nSPS) is 17.2. The van der Waals surface area contributed by atoms with Gasteiger partial charge in [0.15, 0.2) is 0 Å². The molecule has 1 aliphatic heterocycles. The minimum Gasteiger partial charge on any atom is -0.487 e. The molecule has 2 nitrogen and oxygen atoms in total. The predicted molar refractivity (Wildman–Crippen MR) is 89.8 cm³/mol. The summed E-state index contributed by atoms with van der Waals surface area (Å²) in [4.78, 5) is 0. The Kier molecular flexibility index (Phi) is 3.58. The summed E-state index contributed by atoms with van der Waals surface area (Å²) in [7, 11) is 0. The van der Waals surface area contributed by atoms with E-state index in [2.05, 4.69) is 67.0 Å². The van der Waals surface area contributed by atoms with Crippen LogP contribution in [-0.4, -0.2) is 5.60 Å². The van der Waals surface area contributed by atoms with Gasteiger partial charge in [-0.2, -0.15) is 0 Å².